The van der Waals surface area contributed by atoms with Crippen molar-refractivity contribution in [3.63, 3.8) is 0 Å². The molecule has 0 bridgehead atoms. The van der Waals surface area contributed by atoms with Crippen molar-refractivity contribution < 1.29 is 45.4 Å². The molecule has 0 fully saturated rings. The highest BCUT2D eigenvalue weighted by Gasteiger charge is 2.30. The first kappa shape index (κ1) is 58.1. The monoisotopic (exact) mass is 1150 g/mol. The normalized spacial score (nSPS) is 16.0. The predicted molar refractivity (Wildman–Crippen MR) is 291 cm³/mol. The molecule has 6 N–H and O–H groups in total. The molecule has 24 heteroatoms. The number of rotatable bonds is 25. The van der Waals surface area contributed by atoms with Crippen LogP contribution in [0.5, 0.6) is 0 Å². The van der Waals surface area contributed by atoms with Crippen molar-refractivity contribution >= 4 is 89.9 Å². The lowest BCUT2D eigenvalue weighted by Crippen LogP contribution is -2.32. The van der Waals surface area contributed by atoms with Crippen LogP contribution >= 0.6 is 46.4 Å². The topological polar surface area (TPSA) is 218 Å². The Hall–Kier alpha value is -4.62. The Balaban J connectivity index is 0.683. The van der Waals surface area contributed by atoms with Crippen LogP contribution in [0.4, 0.5) is 21.0 Å². The molecule has 2 aliphatic heterocycles. The van der Waals surface area contributed by atoms with Crippen molar-refractivity contribution in [2.24, 2.45) is 0 Å². The van der Waals surface area contributed by atoms with Crippen LogP contribution in [-0.2, 0) is 52.1 Å². The first-order chi connectivity index (χ1) is 36.0. The van der Waals surface area contributed by atoms with Crippen LogP contribution in [0, 0.1) is 0 Å². The van der Waals surface area contributed by atoms with Gasteiger partial charge in [0.2, 0.25) is 20.0 Å². The lowest BCUT2D eigenvalue weighted by Gasteiger charge is -2.33. The summed E-state index contributed by atoms with van der Waals surface area (Å²) < 4.78 is 79.2. The summed E-state index contributed by atoms with van der Waals surface area (Å²) in [5, 5.41) is 13.1. The minimum Gasteiger partial charge on any atom is -0.378 e. The Morgan fingerprint density at radius 1 is 0.533 bits per heavy atom. The van der Waals surface area contributed by atoms with Gasteiger partial charge in [-0.1, -0.05) is 70.7 Å². The molecule has 5 aromatic carbocycles. The number of amides is 4. The number of hydrogen-bond acceptors (Lipinski definition) is 12. The number of fused-ring (bicyclic) bond motifs is 2. The van der Waals surface area contributed by atoms with Crippen molar-refractivity contribution in [1.82, 2.24) is 29.9 Å². The van der Waals surface area contributed by atoms with E-state index in [0.717, 1.165) is 39.9 Å². The molecule has 0 aliphatic carbocycles. The maximum atomic E-state index is 13.2. The molecule has 18 nitrogen and oxygen atoms in total. The molecule has 5 aromatic rings. The van der Waals surface area contributed by atoms with E-state index < -0.39 is 32.1 Å². The van der Waals surface area contributed by atoms with Crippen LogP contribution in [0.25, 0.3) is 0 Å². The first-order valence-corrected chi connectivity index (χ1v) is 28.5. The van der Waals surface area contributed by atoms with Crippen LogP contribution in [0.15, 0.2) is 107 Å². The second-order valence-electron chi connectivity index (χ2n) is 17.8. The molecule has 7 rings (SSSR count). The molecule has 4 amide bonds. The minimum atomic E-state index is -3.81. The zero-order valence-corrected chi connectivity index (χ0v) is 46.0. The van der Waals surface area contributed by atoms with E-state index in [0.29, 0.717) is 51.1 Å². The molecule has 0 aromatic heterocycles. The van der Waals surface area contributed by atoms with E-state index in [-0.39, 0.29) is 94.2 Å². The Bertz CT molecular complexity index is 2980. The van der Waals surface area contributed by atoms with E-state index in [9.17, 15) is 26.4 Å². The molecule has 0 saturated heterocycles. The number of nitrogens with zero attached hydrogens (tertiary/aromatic N) is 2. The highest BCUT2D eigenvalue weighted by Crippen LogP contribution is 2.40. The Morgan fingerprint density at radius 3 is 1.51 bits per heavy atom. The summed E-state index contributed by atoms with van der Waals surface area (Å²) in [6.45, 7) is 4.23. The fourth-order valence-corrected chi connectivity index (χ4v) is 11.9. The number of ether oxygens (including phenoxy) is 4. The van der Waals surface area contributed by atoms with Gasteiger partial charge in [-0.2, -0.15) is 0 Å². The van der Waals surface area contributed by atoms with Crippen molar-refractivity contribution in [3.05, 3.63) is 151 Å². The van der Waals surface area contributed by atoms with E-state index in [1.807, 2.05) is 44.4 Å². The van der Waals surface area contributed by atoms with E-state index in [4.69, 9.17) is 65.4 Å². The molecule has 0 saturated carbocycles. The smallest absolute Gasteiger partial charge is 0.319 e. The van der Waals surface area contributed by atoms with Gasteiger partial charge in [0.1, 0.15) is 6.79 Å². The van der Waals surface area contributed by atoms with Gasteiger partial charge in [-0.25, -0.2) is 35.9 Å². The summed E-state index contributed by atoms with van der Waals surface area (Å²) in [4.78, 5) is 29.3. The highest BCUT2D eigenvalue weighted by atomic mass is 35.5. The number of hydrogen-bond donors (Lipinski definition) is 6. The van der Waals surface area contributed by atoms with Gasteiger partial charge >= 0.3 is 12.1 Å². The van der Waals surface area contributed by atoms with E-state index in [1.165, 1.54) is 0 Å². The van der Waals surface area contributed by atoms with Gasteiger partial charge < -0.3 is 50.0 Å². The number of carbonyl (C=O) groups excluding carboxylic acids is 2. The number of anilines is 2. The third kappa shape index (κ3) is 16.9. The Labute approximate surface area is 458 Å². The van der Waals surface area contributed by atoms with Crippen molar-refractivity contribution in [1.29, 1.82) is 0 Å². The van der Waals surface area contributed by atoms with Crippen LogP contribution in [0.1, 0.15) is 45.2 Å². The summed E-state index contributed by atoms with van der Waals surface area (Å²) in [5.74, 6) is -0.117. The molecule has 0 radical (unpaired) electrons. The van der Waals surface area contributed by atoms with Crippen LogP contribution in [0.3, 0.4) is 0 Å². The van der Waals surface area contributed by atoms with Crippen molar-refractivity contribution in [2.45, 2.75) is 34.7 Å². The second kappa shape index (κ2) is 27.6. The maximum absolute atomic E-state index is 13.2. The lowest BCUT2D eigenvalue weighted by molar-refractivity contribution is -0.0497. The van der Waals surface area contributed by atoms with Crippen LogP contribution < -0.4 is 30.7 Å². The number of halogens is 4. The molecule has 0 spiro atoms. The summed E-state index contributed by atoms with van der Waals surface area (Å²) >= 11 is 25.7. The second-order valence-corrected chi connectivity index (χ2v) is 23.1. The highest BCUT2D eigenvalue weighted by molar-refractivity contribution is 7.89. The fraction of sp³-hybridized carbons (Fsp3) is 0.373. The summed E-state index contributed by atoms with van der Waals surface area (Å²) in [6.07, 6.45) is 0. The van der Waals surface area contributed by atoms with E-state index in [1.54, 1.807) is 66.7 Å². The summed E-state index contributed by atoms with van der Waals surface area (Å²) in [7, 11) is -3.58. The molecule has 2 heterocycles. The van der Waals surface area contributed by atoms with E-state index >= 15 is 0 Å². The molecule has 2 aliphatic rings. The van der Waals surface area contributed by atoms with Gasteiger partial charge in [0.05, 0.1) is 49.4 Å². The number of likely N-dealkylation sites (N-methyl/N-ethyl adjacent to an activating group) is 2. The number of nitrogens with one attached hydrogen (secondary N) is 6. The van der Waals surface area contributed by atoms with Crippen molar-refractivity contribution in [2.75, 3.05) is 110 Å². The zero-order valence-electron chi connectivity index (χ0n) is 41.3. The molecular formula is C51H60Cl4N8O10S2. The fourth-order valence-electron chi connectivity index (χ4n) is 8.66. The molecular weight excluding hydrogens is 1090 g/mol. The average Bonchev–Trinajstić information content (AvgIpc) is 3.37. The van der Waals surface area contributed by atoms with Gasteiger partial charge in [0.25, 0.3) is 0 Å². The molecule has 0 unspecified atom stereocenters. The number of benzene rings is 5. The standard InChI is InChI=1S/C51H60Cl4N8O10S2/c1-62-29-44(42-25-36(52)27-48(54)46(42)31-62)34-6-12-40(13-7-34)74(66,67)58-17-21-73-33-72-19-15-57-51(65)61-39-10-8-38(9-11-39)60-50(64)56-14-18-70-22-23-71-20-16-59-75(68,69)41-5-3-4-35(24-41)45-30-63(2)32-47-43(45)26-37(53)28-49(47)55/h3-13,24-28,44-45,58-59H,14-23,29-33H2,1-2H3,(H2,56,60,64)(H2,57,61,65)/t44-,45-/m0/s1. The number of carbonyl (C=O) groups is 2. The number of urea groups is 2. The first-order valence-electron chi connectivity index (χ1n) is 24.0. The zero-order chi connectivity index (χ0) is 53.5. The third-order valence-corrected chi connectivity index (χ3v) is 16.3. The quantitative estimate of drug-likeness (QED) is 0.0245. The molecule has 404 valence electrons. The third-order valence-electron chi connectivity index (χ3n) is 12.2. The van der Waals surface area contributed by atoms with Gasteiger partial charge in [-0.05, 0) is 120 Å². The SMILES string of the molecule is CN1Cc2c(Cl)cc(Cl)cc2[C@H](c2ccc(S(=O)(=O)NCCOCOCCNC(=O)Nc3ccc(NC(=O)NCCOCCOCCNS(=O)(=O)c4cccc([C@@H]5CN(C)Cc6c(Cl)cc(Cl)cc65)c4)cc3)cc2)C1. The number of sulfonamides is 2. The molecule has 2 atom stereocenters. The summed E-state index contributed by atoms with van der Waals surface area (Å²) in [6, 6.07) is 26.5. The van der Waals surface area contributed by atoms with Crippen molar-refractivity contribution in [3.8, 4) is 0 Å². The maximum Gasteiger partial charge on any atom is 0.319 e. The predicted octanol–water partition coefficient (Wildman–Crippen LogP) is 7.68. The van der Waals surface area contributed by atoms with Crippen LogP contribution in [-0.4, -0.2) is 138 Å². The summed E-state index contributed by atoms with van der Waals surface area (Å²) in [5.41, 5.74) is 6.81. The molecule has 75 heavy (non-hydrogen) atoms. The van der Waals surface area contributed by atoms with E-state index in [2.05, 4.69) is 40.5 Å². The van der Waals surface area contributed by atoms with Gasteiger partial charge in [0.15, 0.2) is 0 Å². The Kier molecular flexibility index (Phi) is 21.4. The Morgan fingerprint density at radius 2 is 0.987 bits per heavy atom. The largest absolute Gasteiger partial charge is 0.378 e. The average molecular weight is 1150 g/mol. The minimum absolute atomic E-state index is 0.0145. The van der Waals surface area contributed by atoms with Gasteiger partial charge in [0, 0.05) is 95.7 Å². The lowest BCUT2D eigenvalue weighted by atomic mass is 9.85. The van der Waals surface area contributed by atoms with Gasteiger partial charge in [-0.3, -0.25) is 0 Å². The van der Waals surface area contributed by atoms with Gasteiger partial charge in [-0.15, -0.1) is 0 Å². The van der Waals surface area contributed by atoms with Crippen LogP contribution in [0.2, 0.25) is 20.1 Å².